The van der Waals surface area contributed by atoms with Gasteiger partial charge in [0.25, 0.3) is 5.91 Å². The number of ether oxygens (including phenoxy) is 1. The smallest absolute Gasteiger partial charge is 0.252 e. The zero-order valence-electron chi connectivity index (χ0n) is 14.8. The third-order valence-corrected chi connectivity index (χ3v) is 3.93. The summed E-state index contributed by atoms with van der Waals surface area (Å²) >= 11 is 0. The standard InChI is InChI=1S/C20H21FN2O2/c1-20(2,3)15-8-5-13(6-9-15)17(12-22)23-19(24)14-7-10-18(25-4)16(21)11-14/h5-11,17H,1-4H3,(H,23,24). The number of hydrogen-bond donors (Lipinski definition) is 1. The number of nitrogens with one attached hydrogen (secondary N) is 1. The lowest BCUT2D eigenvalue weighted by molar-refractivity contribution is 0.0944. The summed E-state index contributed by atoms with van der Waals surface area (Å²) in [5.41, 5.74) is 1.95. The summed E-state index contributed by atoms with van der Waals surface area (Å²) in [5.74, 6) is -1.09. The van der Waals surface area contributed by atoms with E-state index in [4.69, 9.17) is 4.74 Å². The van der Waals surface area contributed by atoms with Gasteiger partial charge in [-0.3, -0.25) is 4.79 Å². The summed E-state index contributed by atoms with van der Waals surface area (Å²) in [6, 6.07) is 12.7. The van der Waals surface area contributed by atoms with Crippen LogP contribution >= 0.6 is 0 Å². The number of halogens is 1. The molecule has 1 N–H and O–H groups in total. The monoisotopic (exact) mass is 340 g/mol. The lowest BCUT2D eigenvalue weighted by Gasteiger charge is -2.20. The highest BCUT2D eigenvalue weighted by Crippen LogP contribution is 2.24. The lowest BCUT2D eigenvalue weighted by atomic mass is 9.86. The molecule has 0 radical (unpaired) electrons. The Labute approximate surface area is 147 Å². The zero-order valence-corrected chi connectivity index (χ0v) is 14.8. The van der Waals surface area contributed by atoms with E-state index in [1.165, 1.54) is 19.2 Å². The van der Waals surface area contributed by atoms with Gasteiger partial charge in [-0.1, -0.05) is 45.0 Å². The van der Waals surface area contributed by atoms with E-state index in [0.717, 1.165) is 11.6 Å². The number of nitrogens with zero attached hydrogens (tertiary/aromatic N) is 1. The molecule has 0 aromatic heterocycles. The van der Waals surface area contributed by atoms with Crippen LogP contribution in [0.3, 0.4) is 0 Å². The second-order valence-electron chi connectivity index (χ2n) is 6.76. The number of nitriles is 1. The number of benzene rings is 2. The molecule has 0 saturated carbocycles. The maximum Gasteiger partial charge on any atom is 0.252 e. The van der Waals surface area contributed by atoms with Crippen molar-refractivity contribution < 1.29 is 13.9 Å². The normalized spacial score (nSPS) is 12.2. The molecule has 1 unspecified atom stereocenters. The molecular weight excluding hydrogens is 319 g/mol. The molecule has 0 saturated heterocycles. The Bertz CT molecular complexity index is 802. The van der Waals surface area contributed by atoms with E-state index in [2.05, 4.69) is 32.2 Å². The first-order valence-corrected chi connectivity index (χ1v) is 7.90. The van der Waals surface area contributed by atoms with E-state index in [9.17, 15) is 14.4 Å². The van der Waals surface area contributed by atoms with E-state index >= 15 is 0 Å². The Morgan fingerprint density at radius 3 is 2.32 bits per heavy atom. The van der Waals surface area contributed by atoms with Crippen molar-refractivity contribution >= 4 is 5.91 Å². The molecule has 2 rings (SSSR count). The third kappa shape index (κ3) is 4.36. The summed E-state index contributed by atoms with van der Waals surface area (Å²) in [7, 11) is 1.35. The highest BCUT2D eigenvalue weighted by molar-refractivity contribution is 5.94. The summed E-state index contributed by atoms with van der Waals surface area (Å²) in [5, 5.41) is 12.0. The summed E-state index contributed by atoms with van der Waals surface area (Å²) in [6.07, 6.45) is 0. The molecular formula is C20H21FN2O2. The van der Waals surface area contributed by atoms with Crippen molar-refractivity contribution in [2.24, 2.45) is 0 Å². The minimum absolute atomic E-state index is 0.00450. The van der Waals surface area contributed by atoms with Crippen molar-refractivity contribution in [1.82, 2.24) is 5.32 Å². The lowest BCUT2D eigenvalue weighted by Crippen LogP contribution is -2.27. The SMILES string of the molecule is COc1ccc(C(=O)NC(C#N)c2ccc(C(C)(C)C)cc2)cc1F. The van der Waals surface area contributed by atoms with Crippen LogP contribution in [0.15, 0.2) is 42.5 Å². The highest BCUT2D eigenvalue weighted by atomic mass is 19.1. The Hall–Kier alpha value is -2.87. The first kappa shape index (κ1) is 18.5. The second-order valence-corrected chi connectivity index (χ2v) is 6.76. The van der Waals surface area contributed by atoms with Gasteiger partial charge in [0.15, 0.2) is 11.6 Å². The van der Waals surface area contributed by atoms with E-state index in [1.807, 2.05) is 24.3 Å². The van der Waals surface area contributed by atoms with Crippen LogP contribution in [-0.2, 0) is 5.41 Å². The Morgan fingerprint density at radius 2 is 1.84 bits per heavy atom. The summed E-state index contributed by atoms with van der Waals surface area (Å²) in [4.78, 5) is 12.3. The molecule has 2 aromatic rings. The first-order valence-electron chi connectivity index (χ1n) is 7.90. The van der Waals surface area contributed by atoms with E-state index in [0.29, 0.717) is 5.56 Å². The minimum Gasteiger partial charge on any atom is -0.494 e. The predicted octanol–water partition coefficient (Wildman–Crippen LogP) is 4.13. The van der Waals surface area contributed by atoms with E-state index < -0.39 is 17.8 Å². The summed E-state index contributed by atoms with van der Waals surface area (Å²) in [6.45, 7) is 6.30. The molecule has 0 aliphatic heterocycles. The third-order valence-electron chi connectivity index (χ3n) is 3.93. The van der Waals surface area contributed by atoms with Gasteiger partial charge in [0.1, 0.15) is 6.04 Å². The Kier molecular flexibility index (Phi) is 5.43. The van der Waals surface area contributed by atoms with Crippen LogP contribution in [0, 0.1) is 17.1 Å². The number of rotatable bonds is 4. The zero-order chi connectivity index (χ0) is 18.6. The van der Waals surface area contributed by atoms with Gasteiger partial charge >= 0.3 is 0 Å². The van der Waals surface area contributed by atoms with Gasteiger partial charge < -0.3 is 10.1 Å². The molecule has 0 fully saturated rings. The topological polar surface area (TPSA) is 62.1 Å². The van der Waals surface area contributed by atoms with Crippen LogP contribution < -0.4 is 10.1 Å². The minimum atomic E-state index is -0.813. The van der Waals surface area contributed by atoms with Crippen LogP contribution in [0.25, 0.3) is 0 Å². The van der Waals surface area contributed by atoms with Gasteiger partial charge in [0, 0.05) is 5.56 Å². The Balaban J connectivity index is 2.18. The second kappa shape index (κ2) is 7.35. The van der Waals surface area contributed by atoms with Crippen molar-refractivity contribution in [3.63, 3.8) is 0 Å². The largest absolute Gasteiger partial charge is 0.494 e. The number of carbonyl (C=O) groups excluding carboxylic acids is 1. The average molecular weight is 340 g/mol. The number of amides is 1. The number of carbonyl (C=O) groups is 1. The fourth-order valence-electron chi connectivity index (χ4n) is 2.39. The molecule has 25 heavy (non-hydrogen) atoms. The van der Waals surface area contributed by atoms with Gasteiger partial charge in [0.2, 0.25) is 0 Å². The van der Waals surface area contributed by atoms with Crippen LogP contribution in [0.4, 0.5) is 4.39 Å². The highest BCUT2D eigenvalue weighted by Gasteiger charge is 2.18. The molecule has 0 spiro atoms. The average Bonchev–Trinajstić information content (AvgIpc) is 2.58. The van der Waals surface area contributed by atoms with Gasteiger partial charge in [-0.2, -0.15) is 5.26 Å². The van der Waals surface area contributed by atoms with Gasteiger partial charge in [0.05, 0.1) is 13.2 Å². The van der Waals surface area contributed by atoms with Crippen LogP contribution in [0.1, 0.15) is 48.3 Å². The fraction of sp³-hybridized carbons (Fsp3) is 0.300. The molecule has 2 aromatic carbocycles. The van der Waals surface area contributed by atoms with Crippen molar-refractivity contribution in [2.45, 2.75) is 32.2 Å². The fourth-order valence-corrected chi connectivity index (χ4v) is 2.39. The quantitative estimate of drug-likeness (QED) is 0.910. The molecule has 4 nitrogen and oxygen atoms in total. The van der Waals surface area contributed by atoms with E-state index in [-0.39, 0.29) is 16.7 Å². The van der Waals surface area contributed by atoms with Crippen LogP contribution in [0.5, 0.6) is 5.75 Å². The van der Waals surface area contributed by atoms with Gasteiger partial charge in [-0.25, -0.2) is 4.39 Å². The van der Waals surface area contributed by atoms with Crippen molar-refractivity contribution in [3.05, 3.63) is 65.0 Å². The summed E-state index contributed by atoms with van der Waals surface area (Å²) < 4.78 is 18.6. The van der Waals surface area contributed by atoms with Crippen molar-refractivity contribution in [2.75, 3.05) is 7.11 Å². The predicted molar refractivity (Wildman–Crippen MR) is 93.9 cm³/mol. The van der Waals surface area contributed by atoms with Crippen molar-refractivity contribution in [1.29, 1.82) is 5.26 Å². The molecule has 5 heteroatoms. The number of methoxy groups -OCH3 is 1. The number of hydrogen-bond acceptors (Lipinski definition) is 3. The van der Waals surface area contributed by atoms with E-state index in [1.54, 1.807) is 0 Å². The molecule has 1 atom stereocenters. The molecule has 0 aliphatic rings. The molecule has 130 valence electrons. The molecule has 0 bridgehead atoms. The molecule has 0 heterocycles. The first-order chi connectivity index (χ1) is 11.8. The maximum atomic E-state index is 13.7. The van der Waals surface area contributed by atoms with Gasteiger partial charge in [-0.05, 0) is 34.7 Å². The molecule has 1 amide bonds. The Morgan fingerprint density at radius 1 is 1.20 bits per heavy atom. The maximum absolute atomic E-state index is 13.7. The van der Waals surface area contributed by atoms with Gasteiger partial charge in [-0.15, -0.1) is 0 Å². The van der Waals surface area contributed by atoms with Crippen molar-refractivity contribution in [3.8, 4) is 11.8 Å². The molecule has 0 aliphatic carbocycles. The van der Waals surface area contributed by atoms with Crippen LogP contribution in [-0.4, -0.2) is 13.0 Å². The van der Waals surface area contributed by atoms with Crippen LogP contribution in [0.2, 0.25) is 0 Å².